The van der Waals surface area contributed by atoms with Gasteiger partial charge in [-0.25, -0.2) is 9.59 Å². The molecule has 2 saturated carbocycles. The molecular weight excluding hydrogens is 382 g/mol. The molecule has 0 radical (unpaired) electrons. The molecule has 2 amide bonds. The Hall–Kier alpha value is -2.39. The number of nitrogens with two attached hydrogens (primary N) is 1. The van der Waals surface area contributed by atoms with Gasteiger partial charge in [-0.3, -0.25) is 14.9 Å². The molecule has 2 aliphatic rings. The van der Waals surface area contributed by atoms with Gasteiger partial charge in [-0.15, -0.1) is 0 Å². The summed E-state index contributed by atoms with van der Waals surface area (Å²) in [6.07, 6.45) is 6.40. The standard InChI is InChI=1S/C19H31N3O7/c20-17(23)10-16(21-19(25)29-12-13-4-2-1-3-5-13)18(24)28-11-14-6-8-15(9-7-14)22(26)27/h13-16H,1-12H2,(H2,20,23)(H,21,25). The van der Waals surface area contributed by atoms with Crippen molar-refractivity contribution >= 4 is 18.0 Å². The van der Waals surface area contributed by atoms with Crippen molar-refractivity contribution in [3.63, 3.8) is 0 Å². The van der Waals surface area contributed by atoms with E-state index < -0.39 is 30.1 Å². The smallest absolute Gasteiger partial charge is 0.407 e. The van der Waals surface area contributed by atoms with Crippen LogP contribution in [-0.2, 0) is 19.1 Å². The lowest BCUT2D eigenvalue weighted by molar-refractivity contribution is -0.527. The van der Waals surface area contributed by atoms with Crippen molar-refractivity contribution in [2.24, 2.45) is 17.6 Å². The van der Waals surface area contributed by atoms with Crippen molar-refractivity contribution in [2.75, 3.05) is 13.2 Å². The highest BCUT2D eigenvalue weighted by molar-refractivity contribution is 5.87. The van der Waals surface area contributed by atoms with Crippen molar-refractivity contribution in [2.45, 2.75) is 76.3 Å². The van der Waals surface area contributed by atoms with Crippen molar-refractivity contribution < 1.29 is 28.8 Å². The number of primary amides is 1. The minimum atomic E-state index is -1.21. The first-order valence-corrected chi connectivity index (χ1v) is 10.4. The summed E-state index contributed by atoms with van der Waals surface area (Å²) >= 11 is 0. The molecule has 0 heterocycles. The number of alkyl carbamates (subject to hydrolysis) is 1. The molecule has 29 heavy (non-hydrogen) atoms. The average Bonchev–Trinajstić information content (AvgIpc) is 2.70. The van der Waals surface area contributed by atoms with Crippen molar-refractivity contribution in [3.8, 4) is 0 Å². The summed E-state index contributed by atoms with van der Waals surface area (Å²) in [5.74, 6) is -1.14. The molecule has 2 rings (SSSR count). The summed E-state index contributed by atoms with van der Waals surface area (Å²) < 4.78 is 10.4. The van der Waals surface area contributed by atoms with Crippen LogP contribution < -0.4 is 11.1 Å². The first-order chi connectivity index (χ1) is 13.8. The molecule has 0 aromatic heterocycles. The van der Waals surface area contributed by atoms with Crippen LogP contribution in [0.2, 0.25) is 0 Å². The number of nitro groups is 1. The molecule has 1 atom stereocenters. The van der Waals surface area contributed by atoms with Crippen LogP contribution in [0, 0.1) is 22.0 Å². The van der Waals surface area contributed by atoms with E-state index in [2.05, 4.69) is 5.32 Å². The molecule has 0 aliphatic heterocycles. The topological polar surface area (TPSA) is 151 Å². The molecule has 0 saturated heterocycles. The number of nitrogens with one attached hydrogen (secondary N) is 1. The minimum Gasteiger partial charge on any atom is -0.464 e. The highest BCUT2D eigenvalue weighted by atomic mass is 16.6. The van der Waals surface area contributed by atoms with E-state index >= 15 is 0 Å². The maximum Gasteiger partial charge on any atom is 0.407 e. The van der Waals surface area contributed by atoms with E-state index in [9.17, 15) is 24.5 Å². The van der Waals surface area contributed by atoms with E-state index in [1.165, 1.54) is 6.42 Å². The Labute approximate surface area is 170 Å². The van der Waals surface area contributed by atoms with Crippen LogP contribution in [0.15, 0.2) is 0 Å². The van der Waals surface area contributed by atoms with Gasteiger partial charge in [0.25, 0.3) is 0 Å². The molecule has 0 spiro atoms. The van der Waals surface area contributed by atoms with Crippen molar-refractivity contribution in [1.82, 2.24) is 5.32 Å². The fourth-order valence-electron chi connectivity index (χ4n) is 3.95. The number of esters is 1. The van der Waals surface area contributed by atoms with E-state index in [1.54, 1.807) is 0 Å². The van der Waals surface area contributed by atoms with Gasteiger partial charge in [0.15, 0.2) is 0 Å². The van der Waals surface area contributed by atoms with Gasteiger partial charge in [0.1, 0.15) is 6.04 Å². The number of carbonyl (C=O) groups is 3. The Bertz CT molecular complexity index is 584. The second kappa shape index (κ2) is 11.6. The fourth-order valence-corrected chi connectivity index (χ4v) is 3.95. The van der Waals surface area contributed by atoms with Gasteiger partial charge in [-0.1, -0.05) is 19.3 Å². The molecule has 10 heteroatoms. The zero-order valence-electron chi connectivity index (χ0n) is 16.7. The highest BCUT2D eigenvalue weighted by Gasteiger charge is 2.31. The lowest BCUT2D eigenvalue weighted by Gasteiger charge is -2.25. The van der Waals surface area contributed by atoms with Crippen LogP contribution in [0.5, 0.6) is 0 Å². The second-order valence-electron chi connectivity index (χ2n) is 8.06. The summed E-state index contributed by atoms with van der Waals surface area (Å²) in [7, 11) is 0. The maximum atomic E-state index is 12.3. The Morgan fingerprint density at radius 1 is 0.966 bits per heavy atom. The predicted octanol–water partition coefficient (Wildman–Crippen LogP) is 1.92. The van der Waals surface area contributed by atoms with E-state index in [0.29, 0.717) is 31.6 Å². The third kappa shape index (κ3) is 8.25. The van der Waals surface area contributed by atoms with Crippen LogP contribution in [0.4, 0.5) is 4.79 Å². The molecule has 1 unspecified atom stereocenters. The van der Waals surface area contributed by atoms with Crippen LogP contribution in [0.3, 0.4) is 0 Å². The van der Waals surface area contributed by atoms with Gasteiger partial charge < -0.3 is 20.5 Å². The molecule has 0 aromatic carbocycles. The van der Waals surface area contributed by atoms with Crippen LogP contribution in [0.1, 0.15) is 64.2 Å². The lowest BCUT2D eigenvalue weighted by atomic mass is 9.87. The maximum absolute atomic E-state index is 12.3. The number of hydrogen-bond donors (Lipinski definition) is 2. The molecular formula is C19H31N3O7. The van der Waals surface area contributed by atoms with Crippen molar-refractivity contribution in [1.29, 1.82) is 0 Å². The largest absolute Gasteiger partial charge is 0.464 e. The minimum absolute atomic E-state index is 0.0302. The number of hydrogen-bond acceptors (Lipinski definition) is 7. The normalized spacial score (nSPS) is 23.6. The Balaban J connectivity index is 1.75. The Morgan fingerprint density at radius 2 is 1.55 bits per heavy atom. The first kappa shape index (κ1) is 22.9. The van der Waals surface area contributed by atoms with Gasteiger partial charge in [-0.05, 0) is 37.5 Å². The Kier molecular flexibility index (Phi) is 9.14. The predicted molar refractivity (Wildman–Crippen MR) is 102 cm³/mol. The van der Waals surface area contributed by atoms with Gasteiger partial charge in [0.05, 0.1) is 19.6 Å². The van der Waals surface area contributed by atoms with Gasteiger partial charge in [-0.2, -0.15) is 0 Å². The molecule has 164 valence electrons. The number of rotatable bonds is 9. The lowest BCUT2D eigenvalue weighted by Crippen LogP contribution is -2.45. The molecule has 2 fully saturated rings. The zero-order valence-corrected chi connectivity index (χ0v) is 16.7. The van der Waals surface area contributed by atoms with Crippen molar-refractivity contribution in [3.05, 3.63) is 10.1 Å². The molecule has 3 N–H and O–H groups in total. The summed E-state index contributed by atoms with van der Waals surface area (Å²) in [5, 5.41) is 13.2. The summed E-state index contributed by atoms with van der Waals surface area (Å²) in [6, 6.07) is -1.74. The highest BCUT2D eigenvalue weighted by Crippen LogP contribution is 2.26. The number of carbonyl (C=O) groups excluding carboxylic acids is 3. The first-order valence-electron chi connectivity index (χ1n) is 10.4. The third-order valence-electron chi connectivity index (χ3n) is 5.73. The van der Waals surface area contributed by atoms with Gasteiger partial charge in [0.2, 0.25) is 11.9 Å². The molecule has 10 nitrogen and oxygen atoms in total. The summed E-state index contributed by atoms with van der Waals surface area (Å²) in [4.78, 5) is 46.2. The zero-order chi connectivity index (χ0) is 21.2. The monoisotopic (exact) mass is 413 g/mol. The fraction of sp³-hybridized carbons (Fsp3) is 0.842. The molecule has 2 aliphatic carbocycles. The van der Waals surface area contributed by atoms with Crippen LogP contribution >= 0.6 is 0 Å². The van der Waals surface area contributed by atoms with E-state index in [1.807, 2.05) is 0 Å². The van der Waals surface area contributed by atoms with Crippen LogP contribution in [-0.4, -0.2) is 48.2 Å². The summed E-state index contributed by atoms with van der Waals surface area (Å²) in [5.41, 5.74) is 5.18. The molecule has 0 aromatic rings. The Morgan fingerprint density at radius 3 is 2.14 bits per heavy atom. The van der Waals surface area contributed by atoms with Gasteiger partial charge >= 0.3 is 12.1 Å². The third-order valence-corrected chi connectivity index (χ3v) is 5.73. The summed E-state index contributed by atoms with van der Waals surface area (Å²) in [6.45, 7) is 0.376. The van der Waals surface area contributed by atoms with Crippen LogP contribution in [0.25, 0.3) is 0 Å². The quantitative estimate of drug-likeness (QED) is 0.333. The number of nitrogens with zero attached hydrogens (tertiary/aromatic N) is 1. The number of amides is 2. The van der Waals surface area contributed by atoms with E-state index in [4.69, 9.17) is 15.2 Å². The second-order valence-corrected chi connectivity index (χ2v) is 8.06. The SMILES string of the molecule is NC(=O)CC(NC(=O)OCC1CCCCC1)C(=O)OCC1CCC([N+](=O)[O-])CC1. The number of ether oxygens (including phenoxy) is 2. The van der Waals surface area contributed by atoms with E-state index in [0.717, 1.165) is 25.7 Å². The van der Waals surface area contributed by atoms with Gasteiger partial charge in [0, 0.05) is 17.8 Å². The molecule has 0 bridgehead atoms. The van der Waals surface area contributed by atoms with E-state index in [-0.39, 0.29) is 30.5 Å². The average molecular weight is 413 g/mol.